The second-order valence-electron chi connectivity index (χ2n) is 6.05. The minimum atomic E-state index is 0.555. The van der Waals surface area contributed by atoms with Crippen LogP contribution in [0.4, 0.5) is 0 Å². The first-order valence-corrected chi connectivity index (χ1v) is 8.36. The standard InChI is InChI=1S/C20H21S/c1-13(2)16-8-7-14(3)20-17(10-15(4)19(20)12-16)11-18-6-5-9-21-18/h5-13H,1-4H3/q+1/b18-11-. The van der Waals surface area contributed by atoms with E-state index >= 15 is 0 Å². The lowest BCUT2D eigenvalue weighted by Gasteiger charge is -2.04. The highest BCUT2D eigenvalue weighted by Gasteiger charge is 2.17. The lowest BCUT2D eigenvalue weighted by molar-refractivity contribution is 0.868. The van der Waals surface area contributed by atoms with E-state index in [0.717, 1.165) is 0 Å². The van der Waals surface area contributed by atoms with Crippen molar-refractivity contribution in [2.45, 2.75) is 33.6 Å². The molecule has 0 unspecified atom stereocenters. The molecular formula is C20H21S+. The Balaban J connectivity index is 2.21. The zero-order valence-electron chi connectivity index (χ0n) is 13.1. The van der Waals surface area contributed by atoms with Gasteiger partial charge in [-0.2, -0.15) is 0 Å². The third-order valence-corrected chi connectivity index (χ3v) is 4.91. The summed E-state index contributed by atoms with van der Waals surface area (Å²) in [6, 6.07) is 9.23. The van der Waals surface area contributed by atoms with Gasteiger partial charge in [-0.3, -0.25) is 0 Å². The van der Waals surface area contributed by atoms with Crippen LogP contribution >= 0.6 is 0 Å². The summed E-state index contributed by atoms with van der Waals surface area (Å²) >= 11 is 1.79. The zero-order valence-corrected chi connectivity index (χ0v) is 13.9. The van der Waals surface area contributed by atoms with Gasteiger partial charge in [0.25, 0.3) is 0 Å². The molecule has 0 nitrogen and oxygen atoms in total. The monoisotopic (exact) mass is 293 g/mol. The molecule has 106 valence electrons. The van der Waals surface area contributed by atoms with Gasteiger partial charge in [-0.05, 0) is 53.1 Å². The highest BCUT2D eigenvalue weighted by atomic mass is 32.1. The second-order valence-corrected chi connectivity index (χ2v) is 7.03. The molecule has 0 radical (unpaired) electrons. The molecule has 0 bridgehead atoms. The van der Waals surface area contributed by atoms with Crippen molar-refractivity contribution in [3.63, 3.8) is 0 Å². The SMILES string of the molecule is Cc1cc(/C=C2/C=CC=[S+]2)c2c(C)ccc(C(C)C)cc1-2. The Labute approximate surface area is 131 Å². The highest BCUT2D eigenvalue weighted by molar-refractivity contribution is 7.82. The summed E-state index contributed by atoms with van der Waals surface area (Å²) in [4.78, 5) is 1.32. The molecule has 1 aliphatic heterocycles. The van der Waals surface area contributed by atoms with E-state index in [0.29, 0.717) is 5.92 Å². The quantitative estimate of drug-likeness (QED) is 0.519. The number of fused-ring (bicyclic) bond motifs is 1. The average molecular weight is 293 g/mol. The van der Waals surface area contributed by atoms with Crippen LogP contribution < -0.4 is 0 Å². The normalized spacial score (nSPS) is 15.8. The molecule has 0 saturated carbocycles. The fraction of sp³-hybridized carbons (Fsp3) is 0.250. The van der Waals surface area contributed by atoms with Crippen molar-refractivity contribution in [1.82, 2.24) is 0 Å². The maximum atomic E-state index is 2.37. The molecule has 0 aromatic heterocycles. The molecule has 0 aromatic carbocycles. The smallest absolute Gasteiger partial charge is 0.0587 e. The van der Waals surface area contributed by atoms with Crippen LogP contribution in [0.15, 0.2) is 41.3 Å². The van der Waals surface area contributed by atoms with Crippen LogP contribution in [0.25, 0.3) is 17.2 Å². The molecule has 0 atom stereocenters. The maximum absolute atomic E-state index is 2.37. The summed E-state index contributed by atoms with van der Waals surface area (Å²) in [5.41, 5.74) is 8.26. The van der Waals surface area contributed by atoms with Crippen molar-refractivity contribution >= 4 is 22.8 Å². The third-order valence-electron chi connectivity index (χ3n) is 4.09. The van der Waals surface area contributed by atoms with Gasteiger partial charge in [-0.25, -0.2) is 0 Å². The molecule has 0 amide bonds. The fourth-order valence-electron chi connectivity index (χ4n) is 2.88. The molecule has 0 aromatic rings. The molecule has 0 spiro atoms. The van der Waals surface area contributed by atoms with E-state index < -0.39 is 0 Å². The van der Waals surface area contributed by atoms with Crippen molar-refractivity contribution < 1.29 is 0 Å². The van der Waals surface area contributed by atoms with Gasteiger partial charge in [0.15, 0.2) is 5.37 Å². The molecule has 3 aliphatic rings. The number of aryl methyl sites for hydroxylation is 2. The minimum Gasteiger partial charge on any atom is -0.0587 e. The van der Waals surface area contributed by atoms with Gasteiger partial charge in [-0.1, -0.05) is 38.1 Å². The molecule has 1 heterocycles. The van der Waals surface area contributed by atoms with Crippen LogP contribution in [0.3, 0.4) is 0 Å². The first-order valence-electron chi connectivity index (χ1n) is 7.48. The van der Waals surface area contributed by atoms with Gasteiger partial charge in [-0.15, -0.1) is 0 Å². The molecule has 0 fully saturated rings. The summed E-state index contributed by atoms with van der Waals surface area (Å²) < 4.78 is 0. The first-order chi connectivity index (χ1) is 10.1. The summed E-state index contributed by atoms with van der Waals surface area (Å²) in [5, 5.41) is 2.13. The topological polar surface area (TPSA) is 0 Å². The number of allylic oxidation sites excluding steroid dienone is 2. The molecule has 0 saturated heterocycles. The zero-order chi connectivity index (χ0) is 15.0. The van der Waals surface area contributed by atoms with Crippen molar-refractivity contribution in [3.8, 4) is 11.1 Å². The van der Waals surface area contributed by atoms with Gasteiger partial charge < -0.3 is 0 Å². The molecular weight excluding hydrogens is 272 g/mol. The first kappa shape index (κ1) is 14.2. The summed E-state index contributed by atoms with van der Waals surface area (Å²) in [5.74, 6) is 0.555. The van der Waals surface area contributed by atoms with Crippen molar-refractivity contribution in [2.24, 2.45) is 0 Å². The van der Waals surface area contributed by atoms with E-state index in [-0.39, 0.29) is 0 Å². The number of rotatable bonds is 2. The lowest BCUT2D eigenvalue weighted by atomic mass is 10.0. The van der Waals surface area contributed by atoms with E-state index in [2.05, 4.69) is 75.6 Å². The van der Waals surface area contributed by atoms with Crippen LogP contribution in [-0.4, -0.2) is 5.37 Å². The highest BCUT2D eigenvalue weighted by Crippen LogP contribution is 2.37. The largest absolute Gasteiger partial charge is 0.231 e. The van der Waals surface area contributed by atoms with Gasteiger partial charge in [0, 0.05) is 18.2 Å². The Morgan fingerprint density at radius 2 is 1.86 bits per heavy atom. The van der Waals surface area contributed by atoms with E-state index in [1.165, 1.54) is 38.3 Å². The predicted molar refractivity (Wildman–Crippen MR) is 97.2 cm³/mol. The Morgan fingerprint density at radius 3 is 2.52 bits per heavy atom. The van der Waals surface area contributed by atoms with Crippen molar-refractivity contribution in [3.05, 3.63) is 63.6 Å². The Kier molecular flexibility index (Phi) is 3.77. The second kappa shape index (κ2) is 5.57. The number of hydrogen-bond acceptors (Lipinski definition) is 0. The Bertz CT molecular complexity index is 731. The van der Waals surface area contributed by atoms with E-state index in [1.807, 2.05) is 0 Å². The Hall–Kier alpha value is -1.73. The summed E-state index contributed by atoms with van der Waals surface area (Å²) in [6.45, 7) is 8.95. The Morgan fingerprint density at radius 1 is 1.05 bits per heavy atom. The van der Waals surface area contributed by atoms with Gasteiger partial charge in [0.2, 0.25) is 16.3 Å². The van der Waals surface area contributed by atoms with E-state index in [1.54, 1.807) is 11.4 Å². The predicted octanol–water partition coefficient (Wildman–Crippen LogP) is 5.33. The number of hydrogen-bond donors (Lipinski definition) is 0. The third kappa shape index (κ3) is 2.71. The van der Waals surface area contributed by atoms with E-state index in [4.69, 9.17) is 0 Å². The summed E-state index contributed by atoms with van der Waals surface area (Å²) in [7, 11) is 0. The fourth-order valence-corrected chi connectivity index (χ4v) is 3.55. The van der Waals surface area contributed by atoms with Crippen LogP contribution in [0, 0.1) is 13.8 Å². The van der Waals surface area contributed by atoms with Crippen LogP contribution in [0.1, 0.15) is 42.0 Å². The van der Waals surface area contributed by atoms with Crippen LogP contribution in [0.5, 0.6) is 0 Å². The molecule has 2 aliphatic carbocycles. The maximum Gasteiger partial charge on any atom is 0.231 e. The van der Waals surface area contributed by atoms with Gasteiger partial charge in [0.05, 0.1) is 0 Å². The molecule has 21 heavy (non-hydrogen) atoms. The molecule has 1 heteroatoms. The average Bonchev–Trinajstić information content (AvgIpc) is 2.98. The van der Waals surface area contributed by atoms with E-state index in [9.17, 15) is 0 Å². The van der Waals surface area contributed by atoms with Gasteiger partial charge >= 0.3 is 0 Å². The minimum absolute atomic E-state index is 0.555. The lowest BCUT2D eigenvalue weighted by Crippen LogP contribution is -1.84. The molecule has 3 rings (SSSR count). The van der Waals surface area contributed by atoms with Crippen molar-refractivity contribution in [1.29, 1.82) is 0 Å². The van der Waals surface area contributed by atoms with Crippen LogP contribution in [0.2, 0.25) is 0 Å². The molecule has 0 N–H and O–H groups in total. The van der Waals surface area contributed by atoms with Crippen molar-refractivity contribution in [2.75, 3.05) is 0 Å². The summed E-state index contributed by atoms with van der Waals surface area (Å²) in [6.07, 6.45) is 6.59. The van der Waals surface area contributed by atoms with Gasteiger partial charge in [0.1, 0.15) is 0 Å². The van der Waals surface area contributed by atoms with Crippen LogP contribution in [-0.2, 0) is 11.4 Å².